The highest BCUT2D eigenvalue weighted by Gasteiger charge is 2.37. The van der Waals surface area contributed by atoms with Gasteiger partial charge in [0.25, 0.3) is 0 Å². The maximum Gasteiger partial charge on any atom is 0.0453 e. The normalized spacial score (nSPS) is 12.0. The van der Waals surface area contributed by atoms with Crippen LogP contribution in [-0.2, 0) is 0 Å². The molecule has 0 unspecified atom stereocenters. The van der Waals surface area contributed by atoms with E-state index in [2.05, 4.69) is 100 Å². The second kappa shape index (κ2) is 8.37. The minimum Gasteiger partial charge on any atom is -0.335 e. The fourth-order valence-corrected chi connectivity index (χ4v) is 4.08. The monoisotopic (exact) mass is 323 g/mol. The highest BCUT2D eigenvalue weighted by atomic mass is 15.2. The molecule has 0 spiro atoms. The number of anilines is 2. The van der Waals surface area contributed by atoms with Crippen LogP contribution in [0.3, 0.4) is 0 Å². The van der Waals surface area contributed by atoms with E-state index in [-0.39, 0.29) is 5.54 Å². The van der Waals surface area contributed by atoms with Crippen molar-refractivity contribution >= 4 is 11.4 Å². The lowest BCUT2D eigenvalue weighted by molar-refractivity contribution is 0.272. The molecular formula is C23H33N. The molecule has 0 amide bonds. The third kappa shape index (κ3) is 4.41. The maximum absolute atomic E-state index is 2.60. The van der Waals surface area contributed by atoms with Gasteiger partial charge in [-0.05, 0) is 55.4 Å². The zero-order valence-electron chi connectivity index (χ0n) is 16.0. The number of benzene rings is 2. The Bertz CT molecular complexity index is 536. The molecule has 1 nitrogen and oxygen atoms in total. The van der Waals surface area contributed by atoms with Crippen molar-refractivity contribution in [3.8, 4) is 0 Å². The quantitative estimate of drug-likeness (QED) is 0.502. The third-order valence-corrected chi connectivity index (χ3v) is 4.74. The van der Waals surface area contributed by atoms with Crippen LogP contribution in [0, 0.1) is 11.8 Å². The molecule has 0 aliphatic heterocycles. The van der Waals surface area contributed by atoms with Crippen molar-refractivity contribution in [2.24, 2.45) is 11.8 Å². The van der Waals surface area contributed by atoms with Gasteiger partial charge in [-0.25, -0.2) is 0 Å². The van der Waals surface area contributed by atoms with Gasteiger partial charge in [-0.15, -0.1) is 0 Å². The summed E-state index contributed by atoms with van der Waals surface area (Å²) in [5.41, 5.74) is 2.74. The number of para-hydroxylation sites is 2. The number of hydrogen-bond donors (Lipinski definition) is 0. The van der Waals surface area contributed by atoms with Gasteiger partial charge in [0.1, 0.15) is 0 Å². The lowest BCUT2D eigenvalue weighted by atomic mass is 9.77. The average molecular weight is 324 g/mol. The second-order valence-electron chi connectivity index (χ2n) is 7.78. The number of hydrogen-bond acceptors (Lipinski definition) is 1. The molecule has 0 saturated heterocycles. The molecule has 2 rings (SSSR count). The van der Waals surface area contributed by atoms with Crippen molar-refractivity contribution < 1.29 is 0 Å². The molecule has 1 heteroatoms. The summed E-state index contributed by atoms with van der Waals surface area (Å²) in [4.78, 5) is 2.60. The standard InChI is InChI=1S/C23H33N/c1-6-23(17-19(2)3,18-20(4)5)24(21-13-9-7-10-14-21)22-15-11-8-12-16-22/h7-16,19-20H,6,17-18H2,1-5H3. The molecule has 0 aliphatic carbocycles. The van der Waals surface area contributed by atoms with Crippen LogP contribution in [0.25, 0.3) is 0 Å². The molecule has 24 heavy (non-hydrogen) atoms. The maximum atomic E-state index is 2.60. The van der Waals surface area contributed by atoms with Gasteiger partial charge >= 0.3 is 0 Å². The van der Waals surface area contributed by atoms with Crippen molar-refractivity contribution in [2.75, 3.05) is 4.90 Å². The van der Waals surface area contributed by atoms with Crippen LogP contribution in [-0.4, -0.2) is 5.54 Å². The van der Waals surface area contributed by atoms with E-state index in [4.69, 9.17) is 0 Å². The Balaban J connectivity index is 2.60. The Morgan fingerprint density at radius 3 is 1.38 bits per heavy atom. The Labute approximate surface area is 148 Å². The molecule has 0 heterocycles. The van der Waals surface area contributed by atoms with E-state index in [1.165, 1.54) is 24.2 Å². The van der Waals surface area contributed by atoms with Crippen LogP contribution >= 0.6 is 0 Å². The lowest BCUT2D eigenvalue weighted by Gasteiger charge is -2.47. The van der Waals surface area contributed by atoms with Crippen LogP contribution < -0.4 is 4.90 Å². The highest BCUT2D eigenvalue weighted by molar-refractivity contribution is 5.65. The summed E-state index contributed by atoms with van der Waals surface area (Å²) in [6.07, 6.45) is 3.55. The van der Waals surface area contributed by atoms with Crippen molar-refractivity contribution in [1.82, 2.24) is 0 Å². The molecule has 0 aliphatic rings. The van der Waals surface area contributed by atoms with E-state index >= 15 is 0 Å². The Morgan fingerprint density at radius 2 is 1.08 bits per heavy atom. The molecule has 0 saturated carbocycles. The van der Waals surface area contributed by atoms with E-state index in [1.54, 1.807) is 0 Å². The Kier molecular flexibility index (Phi) is 6.48. The predicted octanol–water partition coefficient (Wildman–Crippen LogP) is 7.07. The lowest BCUT2D eigenvalue weighted by Crippen LogP contribution is -2.48. The minimum atomic E-state index is 0.144. The van der Waals surface area contributed by atoms with Crippen molar-refractivity contribution in [2.45, 2.75) is 59.4 Å². The van der Waals surface area contributed by atoms with E-state index in [0.29, 0.717) is 11.8 Å². The van der Waals surface area contributed by atoms with Gasteiger partial charge in [-0.2, -0.15) is 0 Å². The summed E-state index contributed by atoms with van der Waals surface area (Å²) in [5.74, 6) is 1.33. The first-order valence-electron chi connectivity index (χ1n) is 9.39. The van der Waals surface area contributed by atoms with Crippen molar-refractivity contribution in [3.63, 3.8) is 0 Å². The van der Waals surface area contributed by atoms with Gasteiger partial charge in [-0.1, -0.05) is 71.0 Å². The van der Waals surface area contributed by atoms with Gasteiger partial charge in [0.2, 0.25) is 0 Å². The van der Waals surface area contributed by atoms with Gasteiger partial charge in [-0.3, -0.25) is 0 Å². The van der Waals surface area contributed by atoms with Crippen LogP contribution in [0.1, 0.15) is 53.9 Å². The molecule has 2 aromatic carbocycles. The van der Waals surface area contributed by atoms with Crippen molar-refractivity contribution in [3.05, 3.63) is 60.7 Å². The molecule has 0 N–H and O–H groups in total. The van der Waals surface area contributed by atoms with Gasteiger partial charge in [0.05, 0.1) is 0 Å². The second-order valence-corrected chi connectivity index (χ2v) is 7.78. The SMILES string of the molecule is CCC(CC(C)C)(CC(C)C)N(c1ccccc1)c1ccccc1. The van der Waals surface area contributed by atoms with Crippen LogP contribution in [0.5, 0.6) is 0 Å². The first-order valence-corrected chi connectivity index (χ1v) is 9.39. The van der Waals surface area contributed by atoms with Crippen molar-refractivity contribution in [1.29, 1.82) is 0 Å². The zero-order chi connectivity index (χ0) is 17.6. The molecule has 0 fully saturated rings. The molecule has 2 aromatic rings. The summed E-state index contributed by atoms with van der Waals surface area (Å²) >= 11 is 0. The van der Waals surface area contributed by atoms with Gasteiger partial charge in [0.15, 0.2) is 0 Å². The van der Waals surface area contributed by atoms with E-state index in [1.807, 2.05) is 0 Å². The average Bonchev–Trinajstić information content (AvgIpc) is 2.55. The Morgan fingerprint density at radius 1 is 0.708 bits per heavy atom. The first-order chi connectivity index (χ1) is 11.5. The molecular weight excluding hydrogens is 290 g/mol. The molecule has 0 aromatic heterocycles. The number of nitrogens with zero attached hydrogens (tertiary/aromatic N) is 1. The molecule has 130 valence electrons. The summed E-state index contributed by atoms with van der Waals surface area (Å²) in [7, 11) is 0. The number of rotatable bonds is 8. The van der Waals surface area contributed by atoms with Crippen LogP contribution in [0.2, 0.25) is 0 Å². The predicted molar refractivity (Wildman–Crippen MR) is 107 cm³/mol. The summed E-state index contributed by atoms with van der Waals surface area (Å²) in [6.45, 7) is 11.7. The van der Waals surface area contributed by atoms with Gasteiger partial charge < -0.3 is 4.90 Å². The highest BCUT2D eigenvalue weighted by Crippen LogP contribution is 2.42. The van der Waals surface area contributed by atoms with E-state index in [0.717, 1.165) is 6.42 Å². The fraction of sp³-hybridized carbons (Fsp3) is 0.478. The van der Waals surface area contributed by atoms with Gasteiger partial charge in [0, 0.05) is 16.9 Å². The first kappa shape index (κ1) is 18.6. The largest absolute Gasteiger partial charge is 0.335 e. The van der Waals surface area contributed by atoms with Crippen LogP contribution in [0.4, 0.5) is 11.4 Å². The topological polar surface area (TPSA) is 3.24 Å². The van der Waals surface area contributed by atoms with E-state index < -0.39 is 0 Å². The third-order valence-electron chi connectivity index (χ3n) is 4.74. The Hall–Kier alpha value is -1.76. The summed E-state index contributed by atoms with van der Waals surface area (Å²) in [6, 6.07) is 21.8. The summed E-state index contributed by atoms with van der Waals surface area (Å²) < 4.78 is 0. The minimum absolute atomic E-state index is 0.144. The molecule has 0 atom stereocenters. The van der Waals surface area contributed by atoms with E-state index in [9.17, 15) is 0 Å². The molecule has 0 bridgehead atoms. The molecule has 0 radical (unpaired) electrons. The fourth-order valence-electron chi connectivity index (χ4n) is 4.08. The van der Waals surface area contributed by atoms with Crippen LogP contribution in [0.15, 0.2) is 60.7 Å². The zero-order valence-corrected chi connectivity index (χ0v) is 16.0. The summed E-state index contributed by atoms with van der Waals surface area (Å²) in [5, 5.41) is 0. The smallest absolute Gasteiger partial charge is 0.0453 e.